The standard InChI is InChI=1S/C11H14FN5O4/c1-11(20)6(12)4(2-18)21-9(11)17-3-14-5-7(17)15-10(13)16-8(5)19/h3-4,6,9,18,20H,2H2,1H3,(H3,13,15,16,19)/t4-,6?,9-,11-/m1/s1. The van der Waals surface area contributed by atoms with E-state index < -0.39 is 36.3 Å². The number of H-pyrrole nitrogens is 1. The van der Waals surface area contributed by atoms with Crippen molar-refractivity contribution in [1.82, 2.24) is 19.5 Å². The van der Waals surface area contributed by atoms with Crippen LogP contribution in [-0.2, 0) is 4.74 Å². The predicted octanol–water partition coefficient (Wildman–Crippen LogP) is -1.32. The van der Waals surface area contributed by atoms with E-state index in [1.54, 1.807) is 0 Å². The van der Waals surface area contributed by atoms with Crippen LogP contribution in [0.3, 0.4) is 0 Å². The number of aliphatic hydroxyl groups excluding tert-OH is 1. The molecule has 1 fully saturated rings. The van der Waals surface area contributed by atoms with Crippen molar-refractivity contribution in [2.75, 3.05) is 12.3 Å². The molecule has 1 aliphatic rings. The lowest BCUT2D eigenvalue weighted by Crippen LogP contribution is -2.41. The van der Waals surface area contributed by atoms with Crippen molar-refractivity contribution in [3.63, 3.8) is 0 Å². The maximum Gasteiger partial charge on any atom is 0.280 e. The largest absolute Gasteiger partial charge is 0.394 e. The highest BCUT2D eigenvalue weighted by atomic mass is 19.1. The van der Waals surface area contributed by atoms with Gasteiger partial charge in [0.1, 0.15) is 11.7 Å². The van der Waals surface area contributed by atoms with Gasteiger partial charge >= 0.3 is 0 Å². The Bertz CT molecular complexity index is 742. The van der Waals surface area contributed by atoms with E-state index in [0.29, 0.717) is 0 Å². The SMILES string of the molecule is C[C@@]1(O)C(F)[C@@H](CO)O[C@H]1n1cnc2c(=O)[nH]c(N)nc21. The molecule has 0 aromatic carbocycles. The van der Waals surface area contributed by atoms with Crippen LogP contribution >= 0.6 is 0 Å². The van der Waals surface area contributed by atoms with Gasteiger partial charge in [-0.25, -0.2) is 9.37 Å². The minimum Gasteiger partial charge on any atom is -0.394 e. The zero-order chi connectivity index (χ0) is 15.4. The van der Waals surface area contributed by atoms with Gasteiger partial charge in [0.25, 0.3) is 5.56 Å². The predicted molar refractivity (Wildman–Crippen MR) is 69.1 cm³/mol. The number of nitrogen functional groups attached to an aromatic ring is 1. The van der Waals surface area contributed by atoms with Crippen molar-refractivity contribution in [2.45, 2.75) is 31.0 Å². The number of rotatable bonds is 2. The molecular formula is C11H14FN5O4. The first-order valence-electron chi connectivity index (χ1n) is 6.21. The van der Waals surface area contributed by atoms with Gasteiger partial charge in [-0.1, -0.05) is 0 Å². The first-order chi connectivity index (χ1) is 9.86. The molecule has 3 heterocycles. The highest BCUT2D eigenvalue weighted by Gasteiger charge is 2.54. The van der Waals surface area contributed by atoms with Crippen LogP contribution in [0.15, 0.2) is 11.1 Å². The van der Waals surface area contributed by atoms with Crippen LogP contribution in [0.2, 0.25) is 0 Å². The van der Waals surface area contributed by atoms with Crippen LogP contribution in [0.25, 0.3) is 11.2 Å². The number of alkyl halides is 1. The summed E-state index contributed by atoms with van der Waals surface area (Å²) in [5.74, 6) is -0.137. The van der Waals surface area contributed by atoms with Crippen LogP contribution in [0, 0.1) is 0 Å². The summed E-state index contributed by atoms with van der Waals surface area (Å²) >= 11 is 0. The van der Waals surface area contributed by atoms with Gasteiger partial charge in [-0.2, -0.15) is 4.98 Å². The number of aromatic amines is 1. The van der Waals surface area contributed by atoms with Crippen molar-refractivity contribution in [1.29, 1.82) is 0 Å². The summed E-state index contributed by atoms with van der Waals surface area (Å²) in [6, 6.07) is 0. The van der Waals surface area contributed by atoms with Crippen molar-refractivity contribution in [3.05, 3.63) is 16.7 Å². The normalized spacial score (nSPS) is 32.9. The molecule has 0 bridgehead atoms. The molecule has 1 aliphatic heterocycles. The average Bonchev–Trinajstić information content (AvgIpc) is 2.91. The summed E-state index contributed by atoms with van der Waals surface area (Å²) < 4.78 is 20.6. The number of imidazole rings is 1. The Morgan fingerprint density at radius 1 is 1.67 bits per heavy atom. The number of aromatic nitrogens is 4. The second kappa shape index (κ2) is 4.48. The number of hydrogen-bond donors (Lipinski definition) is 4. The van der Waals surface area contributed by atoms with Gasteiger partial charge in [-0.3, -0.25) is 14.3 Å². The average molecular weight is 299 g/mol. The highest BCUT2D eigenvalue weighted by molar-refractivity contribution is 5.70. The Labute approximate surface area is 117 Å². The van der Waals surface area contributed by atoms with Gasteiger partial charge in [0.05, 0.1) is 12.9 Å². The zero-order valence-electron chi connectivity index (χ0n) is 11.0. The molecule has 4 atom stereocenters. The molecule has 114 valence electrons. The zero-order valence-corrected chi connectivity index (χ0v) is 11.0. The topological polar surface area (TPSA) is 139 Å². The van der Waals surface area contributed by atoms with Gasteiger partial charge in [0, 0.05) is 0 Å². The monoisotopic (exact) mass is 299 g/mol. The molecule has 21 heavy (non-hydrogen) atoms. The van der Waals surface area contributed by atoms with E-state index in [1.807, 2.05) is 0 Å². The fourth-order valence-corrected chi connectivity index (χ4v) is 2.48. The Hall–Kier alpha value is -2.04. The Morgan fingerprint density at radius 3 is 3.00 bits per heavy atom. The second-order valence-corrected chi connectivity index (χ2v) is 5.11. The minimum absolute atomic E-state index is 0.00791. The first kappa shape index (κ1) is 13.9. The van der Waals surface area contributed by atoms with Crippen molar-refractivity contribution in [3.8, 4) is 0 Å². The third kappa shape index (κ3) is 1.91. The van der Waals surface area contributed by atoms with E-state index in [4.69, 9.17) is 15.6 Å². The van der Waals surface area contributed by atoms with Gasteiger partial charge in [-0.15, -0.1) is 0 Å². The Morgan fingerprint density at radius 2 is 2.38 bits per heavy atom. The number of ether oxygens (including phenoxy) is 1. The van der Waals surface area contributed by atoms with E-state index in [0.717, 1.165) is 0 Å². The van der Waals surface area contributed by atoms with Gasteiger partial charge < -0.3 is 20.7 Å². The van der Waals surface area contributed by atoms with E-state index in [-0.39, 0.29) is 17.1 Å². The molecule has 3 rings (SSSR count). The molecule has 0 aliphatic carbocycles. The number of nitrogens with two attached hydrogens (primary N) is 1. The van der Waals surface area contributed by atoms with E-state index in [9.17, 15) is 14.3 Å². The van der Waals surface area contributed by atoms with Crippen LogP contribution in [0.1, 0.15) is 13.2 Å². The van der Waals surface area contributed by atoms with E-state index in [1.165, 1.54) is 17.8 Å². The van der Waals surface area contributed by atoms with E-state index in [2.05, 4.69) is 15.0 Å². The molecule has 5 N–H and O–H groups in total. The first-order valence-corrected chi connectivity index (χ1v) is 6.21. The van der Waals surface area contributed by atoms with Crippen LogP contribution in [0.4, 0.5) is 10.3 Å². The van der Waals surface area contributed by atoms with Crippen LogP contribution < -0.4 is 11.3 Å². The molecule has 0 radical (unpaired) electrons. The van der Waals surface area contributed by atoms with Gasteiger partial charge in [0.2, 0.25) is 5.95 Å². The number of anilines is 1. The maximum atomic E-state index is 14.1. The smallest absolute Gasteiger partial charge is 0.280 e. The van der Waals surface area contributed by atoms with Crippen LogP contribution in [0.5, 0.6) is 0 Å². The fraction of sp³-hybridized carbons (Fsp3) is 0.545. The molecule has 1 unspecified atom stereocenters. The molecule has 0 saturated carbocycles. The molecule has 1 saturated heterocycles. The lowest BCUT2D eigenvalue weighted by atomic mass is 9.98. The molecule has 2 aromatic rings. The number of fused-ring (bicyclic) bond motifs is 1. The third-order valence-corrected chi connectivity index (χ3v) is 3.57. The minimum atomic E-state index is -1.92. The third-order valence-electron chi connectivity index (χ3n) is 3.57. The number of aliphatic hydroxyl groups is 2. The molecule has 0 amide bonds. The number of hydrogen-bond acceptors (Lipinski definition) is 7. The summed E-state index contributed by atoms with van der Waals surface area (Å²) in [5.41, 5.74) is 3.06. The van der Waals surface area contributed by atoms with Crippen molar-refractivity contribution >= 4 is 17.1 Å². The van der Waals surface area contributed by atoms with Crippen molar-refractivity contribution < 1.29 is 19.3 Å². The summed E-state index contributed by atoms with van der Waals surface area (Å²) in [4.78, 5) is 21.8. The van der Waals surface area contributed by atoms with Gasteiger partial charge in [-0.05, 0) is 6.92 Å². The van der Waals surface area contributed by atoms with Crippen LogP contribution in [-0.4, -0.2) is 54.2 Å². The van der Waals surface area contributed by atoms with Crippen molar-refractivity contribution in [2.24, 2.45) is 0 Å². The lowest BCUT2D eigenvalue weighted by molar-refractivity contribution is -0.0892. The molecule has 9 nitrogen and oxygen atoms in total. The lowest BCUT2D eigenvalue weighted by Gasteiger charge is -2.26. The summed E-state index contributed by atoms with van der Waals surface area (Å²) in [7, 11) is 0. The highest BCUT2D eigenvalue weighted by Crippen LogP contribution is 2.40. The summed E-state index contributed by atoms with van der Waals surface area (Å²) in [6.45, 7) is 0.650. The number of halogens is 1. The Balaban J connectivity index is 2.15. The molecule has 10 heteroatoms. The molecule has 2 aromatic heterocycles. The molecular weight excluding hydrogens is 285 g/mol. The number of nitrogens with zero attached hydrogens (tertiary/aromatic N) is 3. The Kier molecular flexibility index (Phi) is 2.97. The molecule has 0 spiro atoms. The van der Waals surface area contributed by atoms with E-state index >= 15 is 0 Å². The quantitative estimate of drug-likeness (QED) is 0.539. The summed E-state index contributed by atoms with van der Waals surface area (Å²) in [5, 5.41) is 19.4. The fourth-order valence-electron chi connectivity index (χ4n) is 2.48. The summed E-state index contributed by atoms with van der Waals surface area (Å²) in [6.07, 6.45) is -2.97. The maximum absolute atomic E-state index is 14.1. The van der Waals surface area contributed by atoms with Gasteiger partial charge in [0.15, 0.2) is 23.6 Å². The number of nitrogens with one attached hydrogen (secondary N) is 1. The second-order valence-electron chi connectivity index (χ2n) is 5.11.